The molecule has 1 fully saturated rings. The first-order valence-corrected chi connectivity index (χ1v) is 7.57. The molecule has 0 atom stereocenters. The van der Waals surface area contributed by atoms with Crippen LogP contribution in [0.4, 0.5) is 0 Å². The Morgan fingerprint density at radius 2 is 1.77 bits per heavy atom. The Morgan fingerprint density at radius 3 is 2.27 bits per heavy atom. The second kappa shape index (κ2) is 8.29. The average Bonchev–Trinajstić information content (AvgIpc) is 3.06. The number of benzene rings is 1. The van der Waals surface area contributed by atoms with E-state index in [1.165, 1.54) is 12.5 Å². The molecule has 0 saturated carbocycles. The molecule has 116 valence electrons. The van der Waals surface area contributed by atoms with Crippen molar-refractivity contribution in [2.24, 2.45) is 0 Å². The van der Waals surface area contributed by atoms with Crippen LogP contribution >= 0.6 is 0 Å². The number of hydrogen-bond donors (Lipinski definition) is 1. The molecule has 1 aromatic heterocycles. The van der Waals surface area contributed by atoms with Crippen LogP contribution in [0, 0.1) is 0 Å². The van der Waals surface area contributed by atoms with Crippen LogP contribution in [-0.4, -0.2) is 34.5 Å². The molecule has 1 N–H and O–H groups in total. The molecule has 1 aromatic carbocycles. The van der Waals surface area contributed by atoms with Gasteiger partial charge in [0.2, 0.25) is 0 Å². The van der Waals surface area contributed by atoms with Crippen molar-refractivity contribution in [3.8, 4) is 0 Å². The van der Waals surface area contributed by atoms with Crippen LogP contribution in [0.5, 0.6) is 0 Å². The highest BCUT2D eigenvalue weighted by atomic mass is 16.1. The van der Waals surface area contributed by atoms with Gasteiger partial charge in [-0.3, -0.25) is 14.5 Å². The quantitative estimate of drug-likeness (QED) is 0.886. The van der Waals surface area contributed by atoms with Crippen molar-refractivity contribution in [2.75, 3.05) is 13.1 Å². The molecule has 1 aliphatic rings. The van der Waals surface area contributed by atoms with Gasteiger partial charge in [-0.15, -0.1) is 0 Å². The van der Waals surface area contributed by atoms with E-state index in [1.54, 1.807) is 18.3 Å². The minimum absolute atomic E-state index is 0.0787. The lowest BCUT2D eigenvalue weighted by molar-refractivity contribution is -0.121. The molecule has 2 heterocycles. The van der Waals surface area contributed by atoms with Crippen LogP contribution < -0.4 is 0 Å². The number of nitrogens with zero attached hydrogens (tertiary/aromatic N) is 1. The van der Waals surface area contributed by atoms with Crippen LogP contribution in [0.15, 0.2) is 48.7 Å². The van der Waals surface area contributed by atoms with Gasteiger partial charge in [0, 0.05) is 45.6 Å². The highest BCUT2D eigenvalue weighted by molar-refractivity contribution is 5.92. The maximum atomic E-state index is 11.0. The molecule has 0 bridgehead atoms. The van der Waals surface area contributed by atoms with Crippen molar-refractivity contribution in [1.82, 2.24) is 9.88 Å². The number of aromatic nitrogens is 1. The molecule has 4 nitrogen and oxygen atoms in total. The van der Waals surface area contributed by atoms with Gasteiger partial charge < -0.3 is 4.98 Å². The highest BCUT2D eigenvalue weighted by Crippen LogP contribution is 2.10. The highest BCUT2D eigenvalue weighted by Gasteiger charge is 2.15. The molecular weight excluding hydrogens is 276 g/mol. The number of likely N-dealkylation sites (tertiary alicyclic amines) is 1. The van der Waals surface area contributed by atoms with E-state index < -0.39 is 0 Å². The minimum Gasteiger partial charge on any atom is -0.359 e. The number of H-pyrrole nitrogens is 1. The summed E-state index contributed by atoms with van der Waals surface area (Å²) in [6.07, 6.45) is 3.19. The van der Waals surface area contributed by atoms with Crippen molar-refractivity contribution in [2.45, 2.75) is 26.3 Å². The topological polar surface area (TPSA) is 53.2 Å². The van der Waals surface area contributed by atoms with Gasteiger partial charge in [-0.2, -0.15) is 0 Å². The summed E-state index contributed by atoms with van der Waals surface area (Å²) in [6, 6.07) is 14.0. The maximum Gasteiger partial charge on any atom is 0.175 e. The SMILES string of the molecule is CC(=O)c1ccc[nH]1.O=C1CCN(Cc2ccccc2)CC1. The summed E-state index contributed by atoms with van der Waals surface area (Å²) in [5.41, 5.74) is 2.01. The predicted octanol–water partition coefficient (Wildman–Crippen LogP) is 3.07. The summed E-state index contributed by atoms with van der Waals surface area (Å²) in [5, 5.41) is 0. The predicted molar refractivity (Wildman–Crippen MR) is 86.8 cm³/mol. The van der Waals surface area contributed by atoms with E-state index in [1.807, 2.05) is 6.07 Å². The summed E-state index contributed by atoms with van der Waals surface area (Å²) in [6.45, 7) is 4.36. The molecule has 0 amide bonds. The van der Waals surface area contributed by atoms with E-state index in [9.17, 15) is 9.59 Å². The van der Waals surface area contributed by atoms with E-state index in [4.69, 9.17) is 0 Å². The van der Waals surface area contributed by atoms with Gasteiger partial charge in [0.05, 0.1) is 5.69 Å². The van der Waals surface area contributed by atoms with E-state index in [0.29, 0.717) is 11.5 Å². The molecule has 0 radical (unpaired) electrons. The lowest BCUT2D eigenvalue weighted by Gasteiger charge is -2.25. The van der Waals surface area contributed by atoms with Crippen molar-refractivity contribution >= 4 is 11.6 Å². The second-order valence-electron chi connectivity index (χ2n) is 5.44. The van der Waals surface area contributed by atoms with Crippen molar-refractivity contribution in [1.29, 1.82) is 0 Å². The Hall–Kier alpha value is -2.20. The molecule has 0 spiro atoms. The van der Waals surface area contributed by atoms with Gasteiger partial charge in [-0.05, 0) is 17.7 Å². The minimum atomic E-state index is 0.0787. The van der Waals surface area contributed by atoms with Gasteiger partial charge in [0.25, 0.3) is 0 Å². The number of aromatic amines is 1. The standard InChI is InChI=1S/C12H15NO.C6H7NO/c14-12-6-8-13(9-7-12)10-11-4-2-1-3-5-11;1-5(8)6-3-2-4-7-6/h1-5H,6-10H2;2-4,7H,1H3. The number of Topliss-reactive ketones (excluding diaryl/α,β-unsaturated/α-hetero) is 2. The fourth-order valence-corrected chi connectivity index (χ4v) is 2.35. The van der Waals surface area contributed by atoms with Gasteiger partial charge >= 0.3 is 0 Å². The fraction of sp³-hybridized carbons (Fsp3) is 0.333. The third-order valence-electron chi connectivity index (χ3n) is 3.64. The molecule has 2 aromatic rings. The van der Waals surface area contributed by atoms with E-state index >= 15 is 0 Å². The summed E-state index contributed by atoms with van der Waals surface area (Å²) in [5.74, 6) is 0.490. The van der Waals surface area contributed by atoms with E-state index in [0.717, 1.165) is 32.5 Å². The number of nitrogens with one attached hydrogen (secondary N) is 1. The van der Waals surface area contributed by atoms with E-state index in [-0.39, 0.29) is 5.78 Å². The Kier molecular flexibility index (Phi) is 6.10. The Morgan fingerprint density at radius 1 is 1.09 bits per heavy atom. The van der Waals surface area contributed by atoms with Crippen molar-refractivity contribution < 1.29 is 9.59 Å². The first-order valence-electron chi connectivity index (χ1n) is 7.57. The normalized spacial score (nSPS) is 15.0. The molecule has 22 heavy (non-hydrogen) atoms. The third kappa shape index (κ3) is 5.30. The number of piperidine rings is 1. The zero-order valence-corrected chi connectivity index (χ0v) is 12.9. The summed E-state index contributed by atoms with van der Waals surface area (Å²) in [7, 11) is 0. The summed E-state index contributed by atoms with van der Waals surface area (Å²) in [4.78, 5) is 26.6. The Balaban J connectivity index is 0.000000188. The lowest BCUT2D eigenvalue weighted by Crippen LogP contribution is -2.33. The second-order valence-corrected chi connectivity index (χ2v) is 5.44. The zero-order valence-electron chi connectivity index (χ0n) is 12.9. The zero-order chi connectivity index (χ0) is 15.8. The van der Waals surface area contributed by atoms with Crippen LogP contribution in [-0.2, 0) is 11.3 Å². The number of ketones is 2. The Labute approximate surface area is 131 Å². The van der Waals surface area contributed by atoms with Gasteiger partial charge in [0.15, 0.2) is 5.78 Å². The van der Waals surface area contributed by atoms with Crippen molar-refractivity contribution in [3.63, 3.8) is 0 Å². The van der Waals surface area contributed by atoms with Gasteiger partial charge in [-0.25, -0.2) is 0 Å². The first-order chi connectivity index (χ1) is 10.6. The molecule has 3 rings (SSSR count). The number of rotatable bonds is 3. The number of carbonyl (C=O) groups excluding carboxylic acids is 2. The van der Waals surface area contributed by atoms with E-state index in [2.05, 4.69) is 34.1 Å². The lowest BCUT2D eigenvalue weighted by atomic mass is 10.1. The van der Waals surface area contributed by atoms with Crippen molar-refractivity contribution in [3.05, 3.63) is 59.9 Å². The molecule has 4 heteroatoms. The smallest absolute Gasteiger partial charge is 0.175 e. The molecule has 1 saturated heterocycles. The molecule has 1 aliphatic heterocycles. The number of carbonyl (C=O) groups is 2. The number of hydrogen-bond acceptors (Lipinski definition) is 3. The van der Waals surface area contributed by atoms with Crippen LogP contribution in [0.3, 0.4) is 0 Å². The monoisotopic (exact) mass is 298 g/mol. The Bertz CT molecular complexity index is 581. The van der Waals surface area contributed by atoms with Gasteiger partial charge in [-0.1, -0.05) is 30.3 Å². The summed E-state index contributed by atoms with van der Waals surface area (Å²) < 4.78 is 0. The largest absolute Gasteiger partial charge is 0.359 e. The van der Waals surface area contributed by atoms with Crippen LogP contribution in [0.25, 0.3) is 0 Å². The summed E-state index contributed by atoms with van der Waals surface area (Å²) >= 11 is 0. The fourth-order valence-electron chi connectivity index (χ4n) is 2.35. The molecule has 0 aliphatic carbocycles. The molecule has 0 unspecified atom stereocenters. The molecular formula is C18H22N2O2. The van der Waals surface area contributed by atoms with Gasteiger partial charge in [0.1, 0.15) is 5.78 Å². The third-order valence-corrected chi connectivity index (χ3v) is 3.64. The van der Waals surface area contributed by atoms with Crippen LogP contribution in [0.2, 0.25) is 0 Å². The average molecular weight is 298 g/mol. The maximum absolute atomic E-state index is 11.0. The van der Waals surface area contributed by atoms with Crippen LogP contribution in [0.1, 0.15) is 35.8 Å². The first kappa shape index (κ1) is 16.2.